The molecule has 4 aromatic rings. The van der Waals surface area contributed by atoms with Gasteiger partial charge in [0.05, 0.1) is 5.69 Å². The van der Waals surface area contributed by atoms with Crippen molar-refractivity contribution in [2.45, 2.75) is 13.8 Å². The van der Waals surface area contributed by atoms with Crippen molar-refractivity contribution in [1.29, 1.82) is 0 Å². The first kappa shape index (κ1) is 18.0. The molecule has 0 radical (unpaired) electrons. The molecular weight excluding hydrogens is 379 g/mol. The number of amides is 1. The predicted molar refractivity (Wildman–Crippen MR) is 105 cm³/mol. The Kier molecular flexibility index (Phi) is 4.70. The summed E-state index contributed by atoms with van der Waals surface area (Å²) in [6.07, 6.45) is 1.18. The van der Waals surface area contributed by atoms with Gasteiger partial charge in [0.15, 0.2) is 11.5 Å². The molecule has 1 amide bonds. The van der Waals surface area contributed by atoms with Gasteiger partial charge in [-0.15, -0.1) is 11.3 Å². The van der Waals surface area contributed by atoms with E-state index in [1.807, 2.05) is 31.4 Å². The van der Waals surface area contributed by atoms with Crippen LogP contribution in [0.1, 0.15) is 21.8 Å². The lowest BCUT2D eigenvalue weighted by Gasteiger charge is -2.02. The Morgan fingerprint density at radius 2 is 1.89 bits per heavy atom. The van der Waals surface area contributed by atoms with Crippen LogP contribution in [-0.4, -0.2) is 20.9 Å². The molecule has 0 spiro atoms. The molecule has 0 aliphatic carbocycles. The van der Waals surface area contributed by atoms with Crippen molar-refractivity contribution in [3.8, 4) is 22.6 Å². The molecule has 0 aliphatic heterocycles. The van der Waals surface area contributed by atoms with Gasteiger partial charge in [0.1, 0.15) is 17.2 Å². The molecule has 4 rings (SSSR count). The number of nitrogens with one attached hydrogen (secondary N) is 1. The fraction of sp³-hybridized carbons (Fsp3) is 0.100. The Hall–Kier alpha value is -3.39. The summed E-state index contributed by atoms with van der Waals surface area (Å²) in [6, 6.07) is 9.61. The van der Waals surface area contributed by atoms with E-state index in [1.54, 1.807) is 0 Å². The monoisotopic (exact) mass is 394 g/mol. The average Bonchev–Trinajstić information content (AvgIpc) is 3.31. The highest BCUT2D eigenvalue weighted by Gasteiger charge is 2.20. The van der Waals surface area contributed by atoms with Gasteiger partial charge in [0.2, 0.25) is 5.76 Å². The van der Waals surface area contributed by atoms with Gasteiger partial charge in [-0.2, -0.15) is 0 Å². The van der Waals surface area contributed by atoms with E-state index >= 15 is 0 Å². The Bertz CT molecular complexity index is 1130. The second-order valence-corrected chi connectivity index (χ2v) is 7.06. The molecular formula is C20H15FN4O2S. The number of benzene rings is 1. The van der Waals surface area contributed by atoms with Crippen LogP contribution in [0.4, 0.5) is 9.52 Å². The summed E-state index contributed by atoms with van der Waals surface area (Å²) in [5.41, 5.74) is 4.35. The zero-order valence-electron chi connectivity index (χ0n) is 15.1. The number of carbonyl (C=O) groups excluding carboxylic acids is 1. The minimum absolute atomic E-state index is 0.0351. The second kappa shape index (κ2) is 7.32. The first-order valence-corrected chi connectivity index (χ1v) is 9.29. The van der Waals surface area contributed by atoms with E-state index < -0.39 is 5.91 Å². The number of pyridine rings is 1. The molecule has 3 aromatic heterocycles. The average molecular weight is 394 g/mol. The quantitative estimate of drug-likeness (QED) is 0.534. The van der Waals surface area contributed by atoms with Crippen LogP contribution >= 0.6 is 11.3 Å². The first-order valence-electron chi connectivity index (χ1n) is 8.41. The van der Waals surface area contributed by atoms with Gasteiger partial charge in [-0.1, -0.05) is 0 Å². The summed E-state index contributed by atoms with van der Waals surface area (Å²) in [5.74, 6) is -0.812. The molecule has 0 fully saturated rings. The standard InChI is InChI=1S/C20H15FN4O2S/c1-11-7-12(2)23-15(8-11)16-9-28-20(24-16)25-19(26)18-17(22-10-27-18)13-3-5-14(21)6-4-13/h3-10H,1-2H3,(H,24,25,26). The summed E-state index contributed by atoms with van der Waals surface area (Å²) in [7, 11) is 0. The van der Waals surface area contributed by atoms with Crippen molar-refractivity contribution in [3.63, 3.8) is 0 Å². The minimum atomic E-state index is -0.480. The Labute approximate surface area is 164 Å². The van der Waals surface area contributed by atoms with Crippen LogP contribution in [0.3, 0.4) is 0 Å². The maximum Gasteiger partial charge on any atom is 0.295 e. The van der Waals surface area contributed by atoms with Crippen LogP contribution in [0, 0.1) is 19.7 Å². The van der Waals surface area contributed by atoms with Gasteiger partial charge in [-0.05, 0) is 55.8 Å². The molecule has 8 heteroatoms. The van der Waals surface area contributed by atoms with Crippen LogP contribution in [0.15, 0.2) is 52.6 Å². The molecule has 0 bridgehead atoms. The van der Waals surface area contributed by atoms with Crippen molar-refractivity contribution >= 4 is 22.4 Å². The number of aryl methyl sites for hydroxylation is 2. The lowest BCUT2D eigenvalue weighted by molar-refractivity contribution is 0.0997. The third kappa shape index (κ3) is 3.67. The van der Waals surface area contributed by atoms with Gasteiger partial charge < -0.3 is 4.42 Å². The first-order chi connectivity index (χ1) is 13.5. The van der Waals surface area contributed by atoms with E-state index in [-0.39, 0.29) is 11.6 Å². The molecule has 6 nitrogen and oxygen atoms in total. The number of rotatable bonds is 4. The van der Waals surface area contributed by atoms with Gasteiger partial charge in [0, 0.05) is 16.6 Å². The fourth-order valence-electron chi connectivity index (χ4n) is 2.80. The van der Waals surface area contributed by atoms with E-state index in [4.69, 9.17) is 4.42 Å². The number of oxazole rings is 1. The van der Waals surface area contributed by atoms with Gasteiger partial charge >= 0.3 is 0 Å². The molecule has 0 saturated heterocycles. The van der Waals surface area contributed by atoms with Crippen LogP contribution in [0.5, 0.6) is 0 Å². The maximum absolute atomic E-state index is 13.1. The maximum atomic E-state index is 13.1. The largest absolute Gasteiger partial charge is 0.438 e. The molecule has 1 aromatic carbocycles. The Morgan fingerprint density at radius 1 is 1.11 bits per heavy atom. The summed E-state index contributed by atoms with van der Waals surface area (Å²) >= 11 is 1.29. The van der Waals surface area contributed by atoms with Crippen LogP contribution in [0.2, 0.25) is 0 Å². The van der Waals surface area contributed by atoms with E-state index in [0.717, 1.165) is 17.0 Å². The van der Waals surface area contributed by atoms with E-state index in [9.17, 15) is 9.18 Å². The third-order valence-corrected chi connectivity index (χ3v) is 4.73. The van der Waals surface area contributed by atoms with Crippen molar-refractivity contribution in [2.24, 2.45) is 0 Å². The van der Waals surface area contributed by atoms with Crippen molar-refractivity contribution in [1.82, 2.24) is 15.0 Å². The number of aromatic nitrogens is 3. The van der Waals surface area contributed by atoms with E-state index in [0.29, 0.717) is 22.1 Å². The van der Waals surface area contributed by atoms with Gasteiger partial charge in [-0.3, -0.25) is 15.1 Å². The van der Waals surface area contributed by atoms with Crippen molar-refractivity contribution < 1.29 is 13.6 Å². The molecule has 28 heavy (non-hydrogen) atoms. The molecule has 1 N–H and O–H groups in total. The lowest BCUT2D eigenvalue weighted by atomic mass is 10.1. The summed E-state index contributed by atoms with van der Waals surface area (Å²) in [5, 5.41) is 4.97. The van der Waals surface area contributed by atoms with Crippen LogP contribution < -0.4 is 5.32 Å². The third-order valence-electron chi connectivity index (χ3n) is 3.98. The highest BCUT2D eigenvalue weighted by Crippen LogP contribution is 2.27. The van der Waals surface area contributed by atoms with E-state index in [1.165, 1.54) is 42.0 Å². The van der Waals surface area contributed by atoms with Gasteiger partial charge in [-0.25, -0.2) is 14.4 Å². The number of thiazole rings is 1. The Balaban J connectivity index is 1.56. The molecule has 0 aliphatic rings. The Morgan fingerprint density at radius 3 is 2.64 bits per heavy atom. The number of hydrogen-bond donors (Lipinski definition) is 1. The minimum Gasteiger partial charge on any atom is -0.438 e. The van der Waals surface area contributed by atoms with Crippen LogP contribution in [0.25, 0.3) is 22.6 Å². The molecule has 140 valence electrons. The normalized spacial score (nSPS) is 10.8. The molecule has 0 atom stereocenters. The SMILES string of the molecule is Cc1cc(C)nc(-c2csc(NC(=O)c3ocnc3-c3ccc(F)cc3)n2)c1. The van der Waals surface area contributed by atoms with Crippen LogP contribution in [-0.2, 0) is 0 Å². The van der Waals surface area contributed by atoms with Crippen molar-refractivity contribution in [2.75, 3.05) is 5.32 Å². The highest BCUT2D eigenvalue weighted by atomic mass is 32.1. The predicted octanol–water partition coefficient (Wildman–Crippen LogP) is 4.87. The molecule has 3 heterocycles. The second-order valence-electron chi connectivity index (χ2n) is 6.20. The summed E-state index contributed by atoms with van der Waals surface area (Å²) < 4.78 is 18.4. The summed E-state index contributed by atoms with van der Waals surface area (Å²) in [4.78, 5) is 25.6. The highest BCUT2D eigenvalue weighted by molar-refractivity contribution is 7.14. The number of hydrogen-bond acceptors (Lipinski definition) is 6. The fourth-order valence-corrected chi connectivity index (χ4v) is 3.50. The van der Waals surface area contributed by atoms with Gasteiger partial charge in [0.25, 0.3) is 5.91 Å². The smallest absolute Gasteiger partial charge is 0.295 e. The number of nitrogens with zero attached hydrogens (tertiary/aromatic N) is 3. The van der Waals surface area contributed by atoms with Crippen molar-refractivity contribution in [3.05, 3.63) is 71.0 Å². The zero-order valence-corrected chi connectivity index (χ0v) is 15.9. The lowest BCUT2D eigenvalue weighted by Crippen LogP contribution is -2.12. The topological polar surface area (TPSA) is 80.9 Å². The molecule has 0 saturated carbocycles. The summed E-state index contributed by atoms with van der Waals surface area (Å²) in [6.45, 7) is 3.92. The molecule has 0 unspecified atom stereocenters. The zero-order chi connectivity index (χ0) is 19.7. The van der Waals surface area contributed by atoms with E-state index in [2.05, 4.69) is 20.3 Å². The number of carbonyl (C=O) groups is 1. The number of halogens is 1. The number of anilines is 1.